The lowest BCUT2D eigenvalue weighted by atomic mass is 9.98. The normalized spacial score (nSPS) is 16.5. The van der Waals surface area contributed by atoms with E-state index in [1.807, 2.05) is 13.8 Å². The average Bonchev–Trinajstić information content (AvgIpc) is 2.78. The van der Waals surface area contributed by atoms with Gasteiger partial charge in [-0.25, -0.2) is 22.6 Å². The number of carbonyl (C=O) groups is 1. The quantitative estimate of drug-likeness (QED) is 0.422. The van der Waals surface area contributed by atoms with Crippen molar-refractivity contribution in [2.45, 2.75) is 39.2 Å². The fourth-order valence-electron chi connectivity index (χ4n) is 4.07. The Bertz CT molecular complexity index is 1040. The van der Waals surface area contributed by atoms with E-state index in [1.165, 1.54) is 10.4 Å². The van der Waals surface area contributed by atoms with Crippen LogP contribution in [-0.2, 0) is 14.8 Å². The third-order valence-corrected chi connectivity index (χ3v) is 7.64. The minimum Gasteiger partial charge on any atom is -0.490 e. The van der Waals surface area contributed by atoms with Crippen molar-refractivity contribution in [3.63, 3.8) is 0 Å². The van der Waals surface area contributed by atoms with Crippen LogP contribution < -0.4 is 10.2 Å². The molecule has 1 amide bonds. The summed E-state index contributed by atoms with van der Waals surface area (Å²) >= 11 is 0. The van der Waals surface area contributed by atoms with Crippen molar-refractivity contribution in [1.29, 1.82) is 0 Å². The first-order valence-corrected chi connectivity index (χ1v) is 12.6. The fraction of sp³-hybridized carbons (Fsp3) is 0.478. The van der Waals surface area contributed by atoms with Crippen molar-refractivity contribution < 1.29 is 27.5 Å². The number of hydrogen-bond donors (Lipinski definition) is 2. The van der Waals surface area contributed by atoms with Crippen molar-refractivity contribution in [3.8, 4) is 16.9 Å². The van der Waals surface area contributed by atoms with E-state index in [0.717, 1.165) is 0 Å². The van der Waals surface area contributed by atoms with E-state index in [9.17, 15) is 17.6 Å². The molecule has 33 heavy (non-hydrogen) atoms. The number of aromatic nitrogens is 1. The zero-order valence-electron chi connectivity index (χ0n) is 18.8. The third-order valence-electron chi connectivity index (χ3n) is 5.66. The van der Waals surface area contributed by atoms with E-state index < -0.39 is 27.7 Å². The summed E-state index contributed by atoms with van der Waals surface area (Å²) in [5.74, 6) is -1.82. The molecule has 1 aromatic heterocycles. The first kappa shape index (κ1) is 25.1. The van der Waals surface area contributed by atoms with Crippen LogP contribution in [0.4, 0.5) is 4.39 Å². The van der Waals surface area contributed by atoms with E-state index >= 15 is 0 Å². The Balaban J connectivity index is 1.66. The summed E-state index contributed by atoms with van der Waals surface area (Å²) in [5, 5.41) is 8.97. The van der Waals surface area contributed by atoms with Crippen molar-refractivity contribution in [3.05, 3.63) is 48.5 Å². The van der Waals surface area contributed by atoms with E-state index in [-0.39, 0.29) is 30.9 Å². The standard InChI is InChI=1S/C23H30FN3O5S/c1-16(2)13-18(23(28)26-29)15-33(30,31)27-11-8-19(9-12-27)32-21-7-3-6-20(24)22(21)17-5-4-10-25-14-17/h3-7,10,14,16,18-19,29H,8-9,11-13,15H2,1-2H3,(H,26,28)/t18-/m0/s1. The first-order valence-electron chi connectivity index (χ1n) is 11.0. The molecule has 3 rings (SSSR count). The highest BCUT2D eigenvalue weighted by Crippen LogP contribution is 2.34. The Kier molecular flexibility index (Phi) is 8.39. The van der Waals surface area contributed by atoms with E-state index in [1.54, 1.807) is 42.1 Å². The Morgan fingerprint density at radius 3 is 2.61 bits per heavy atom. The molecule has 8 nitrogen and oxygen atoms in total. The Morgan fingerprint density at radius 1 is 1.27 bits per heavy atom. The minimum absolute atomic E-state index is 0.0990. The maximum Gasteiger partial charge on any atom is 0.247 e. The number of piperidine rings is 1. The molecule has 0 radical (unpaired) electrons. The number of pyridine rings is 1. The summed E-state index contributed by atoms with van der Waals surface area (Å²) in [4.78, 5) is 16.0. The second-order valence-corrected chi connectivity index (χ2v) is 10.7. The highest BCUT2D eigenvalue weighted by atomic mass is 32.2. The predicted molar refractivity (Wildman–Crippen MR) is 122 cm³/mol. The summed E-state index contributed by atoms with van der Waals surface area (Å²) in [6.45, 7) is 4.25. The molecule has 1 atom stereocenters. The molecule has 0 aliphatic carbocycles. The SMILES string of the molecule is CC(C)C[C@@H](CS(=O)(=O)N1CCC(Oc2cccc(F)c2-c2cccnc2)CC1)C(=O)NO. The molecule has 0 unspecified atom stereocenters. The number of carbonyl (C=O) groups excluding carboxylic acids is 1. The Labute approximate surface area is 193 Å². The number of hydroxylamine groups is 1. The molecule has 1 saturated heterocycles. The van der Waals surface area contributed by atoms with Gasteiger partial charge in [0.25, 0.3) is 0 Å². The van der Waals surface area contributed by atoms with Gasteiger partial charge >= 0.3 is 0 Å². The summed E-state index contributed by atoms with van der Waals surface area (Å²) < 4.78 is 47.8. The van der Waals surface area contributed by atoms with Crippen LogP contribution in [0.3, 0.4) is 0 Å². The second kappa shape index (κ2) is 11.0. The first-order chi connectivity index (χ1) is 15.7. The van der Waals surface area contributed by atoms with Gasteiger partial charge in [0.05, 0.1) is 17.2 Å². The smallest absolute Gasteiger partial charge is 0.247 e. The van der Waals surface area contributed by atoms with Crippen LogP contribution in [0.5, 0.6) is 5.75 Å². The van der Waals surface area contributed by atoms with Crippen molar-refractivity contribution in [1.82, 2.24) is 14.8 Å². The van der Waals surface area contributed by atoms with Crippen LogP contribution >= 0.6 is 0 Å². The van der Waals surface area contributed by atoms with Crippen molar-refractivity contribution >= 4 is 15.9 Å². The monoisotopic (exact) mass is 479 g/mol. The maximum atomic E-state index is 14.6. The number of ether oxygens (including phenoxy) is 1. The second-order valence-electron chi connectivity index (χ2n) is 8.65. The number of benzene rings is 1. The topological polar surface area (TPSA) is 109 Å². The van der Waals surface area contributed by atoms with E-state index in [2.05, 4.69) is 4.98 Å². The molecular weight excluding hydrogens is 449 g/mol. The van der Waals surface area contributed by atoms with Gasteiger partial charge in [0.2, 0.25) is 15.9 Å². The molecule has 1 aliphatic heterocycles. The Morgan fingerprint density at radius 2 is 2.00 bits per heavy atom. The number of amides is 1. The maximum absolute atomic E-state index is 14.6. The highest BCUT2D eigenvalue weighted by molar-refractivity contribution is 7.89. The third kappa shape index (κ3) is 6.49. The van der Waals surface area contributed by atoms with E-state index in [4.69, 9.17) is 9.94 Å². The van der Waals surface area contributed by atoms with Crippen LogP contribution in [0.1, 0.15) is 33.1 Å². The lowest BCUT2D eigenvalue weighted by Crippen LogP contribution is -2.45. The summed E-state index contributed by atoms with van der Waals surface area (Å²) in [6.07, 6.45) is 4.11. The van der Waals surface area contributed by atoms with Gasteiger partial charge in [0, 0.05) is 31.0 Å². The molecule has 0 saturated carbocycles. The van der Waals surface area contributed by atoms with Gasteiger partial charge in [-0.3, -0.25) is 15.0 Å². The van der Waals surface area contributed by atoms with E-state index in [0.29, 0.717) is 36.1 Å². The van der Waals surface area contributed by atoms with Crippen LogP contribution in [0.25, 0.3) is 11.1 Å². The number of rotatable bonds is 9. The molecule has 0 spiro atoms. The molecule has 1 aliphatic rings. The van der Waals surface area contributed by atoms with Crippen LogP contribution in [0, 0.1) is 17.7 Å². The molecule has 2 aromatic rings. The molecular formula is C23H30FN3O5S. The zero-order chi connectivity index (χ0) is 24.0. The molecule has 0 bridgehead atoms. The van der Waals surface area contributed by atoms with Crippen molar-refractivity contribution in [2.24, 2.45) is 11.8 Å². The summed E-state index contributed by atoms with van der Waals surface area (Å²) in [5.41, 5.74) is 2.50. The molecule has 2 N–H and O–H groups in total. The van der Waals surface area contributed by atoms with Gasteiger partial charge in [-0.15, -0.1) is 0 Å². The lowest BCUT2D eigenvalue weighted by Gasteiger charge is -2.32. The molecule has 1 aromatic carbocycles. The summed E-state index contributed by atoms with van der Waals surface area (Å²) in [6, 6.07) is 8.10. The van der Waals surface area contributed by atoms with Gasteiger partial charge in [-0.05, 0) is 43.4 Å². The van der Waals surface area contributed by atoms with Gasteiger partial charge < -0.3 is 4.74 Å². The molecule has 1 fully saturated rings. The van der Waals surface area contributed by atoms with Gasteiger partial charge in [0.15, 0.2) is 0 Å². The van der Waals surface area contributed by atoms with Crippen molar-refractivity contribution in [2.75, 3.05) is 18.8 Å². The van der Waals surface area contributed by atoms with Crippen LogP contribution in [0.15, 0.2) is 42.7 Å². The number of nitrogens with one attached hydrogen (secondary N) is 1. The van der Waals surface area contributed by atoms with Crippen LogP contribution in [0.2, 0.25) is 0 Å². The van der Waals surface area contributed by atoms with Crippen LogP contribution in [-0.4, -0.2) is 53.8 Å². The summed E-state index contributed by atoms with van der Waals surface area (Å²) in [7, 11) is -3.70. The number of halogens is 1. The number of sulfonamides is 1. The number of nitrogens with zero attached hydrogens (tertiary/aromatic N) is 2. The molecule has 180 valence electrons. The molecule has 2 heterocycles. The van der Waals surface area contributed by atoms with Gasteiger partial charge in [0.1, 0.15) is 17.7 Å². The fourth-order valence-corrected chi connectivity index (χ4v) is 5.85. The molecule has 10 heteroatoms. The Hall–Kier alpha value is -2.56. The predicted octanol–water partition coefficient (Wildman–Crippen LogP) is 3.23. The largest absolute Gasteiger partial charge is 0.490 e. The zero-order valence-corrected chi connectivity index (χ0v) is 19.6. The van der Waals surface area contributed by atoms with Gasteiger partial charge in [-0.1, -0.05) is 26.0 Å². The van der Waals surface area contributed by atoms with Gasteiger partial charge in [-0.2, -0.15) is 0 Å². The minimum atomic E-state index is -3.70. The average molecular weight is 480 g/mol. The highest BCUT2D eigenvalue weighted by Gasteiger charge is 2.33. The number of hydrogen-bond acceptors (Lipinski definition) is 6. The lowest BCUT2D eigenvalue weighted by molar-refractivity contribution is -0.133.